The molecule has 16 nitrogen and oxygen atoms in total. The van der Waals surface area contributed by atoms with Crippen molar-refractivity contribution in [2.24, 2.45) is 0 Å². The summed E-state index contributed by atoms with van der Waals surface area (Å²) in [7, 11) is -0.587. The number of hydrogen-bond donors (Lipinski definition) is 7. The van der Waals surface area contributed by atoms with Gasteiger partial charge in [0.15, 0.2) is 5.69 Å². The quantitative estimate of drug-likeness (QED) is 0.0537. The average molecular weight is 782 g/mol. The fourth-order valence-electron chi connectivity index (χ4n) is 4.15. The fourth-order valence-corrected chi connectivity index (χ4v) is 4.39. The molecule has 3 heterocycles. The maximum atomic E-state index is 13.1. The van der Waals surface area contributed by atoms with Crippen molar-refractivity contribution in [2.75, 3.05) is 30.0 Å². The summed E-state index contributed by atoms with van der Waals surface area (Å²) >= 11 is 5.39. The Balaban J connectivity index is 0.000000255. The predicted octanol–water partition coefficient (Wildman–Crippen LogP) is 4.77. The van der Waals surface area contributed by atoms with E-state index in [-0.39, 0.29) is 44.9 Å². The van der Waals surface area contributed by atoms with E-state index in [1.165, 1.54) is 79.1 Å². The third kappa shape index (κ3) is 13.2. The number of nitrogen functional groups attached to an aromatic ring is 4. The fraction of sp³-hybridized carbons (Fsp3) is 0.0294. The van der Waals surface area contributed by atoms with Gasteiger partial charge in [0.25, 0.3) is 0 Å². The van der Waals surface area contributed by atoms with Crippen molar-refractivity contribution >= 4 is 58.3 Å². The van der Waals surface area contributed by atoms with Crippen molar-refractivity contribution in [2.45, 2.75) is 0 Å². The molecular weight excluding hydrogens is 750 g/mol. The normalized spacial score (nSPS) is 9.67. The smallest absolute Gasteiger partial charge is 0.423 e. The van der Waals surface area contributed by atoms with Crippen LogP contribution in [0, 0.1) is 37.7 Å². The Morgan fingerprint density at radius 1 is 0.618 bits per heavy atom. The summed E-state index contributed by atoms with van der Waals surface area (Å²) < 4.78 is 38.3. The number of nitrogens with zero attached hydrogens (tertiary/aromatic N) is 5. The minimum atomic E-state index is -1.59. The number of aliphatic hydroxyl groups is 1. The predicted molar refractivity (Wildman–Crippen MR) is 204 cm³/mol. The third-order valence-electron chi connectivity index (χ3n) is 6.60. The Hall–Kier alpha value is -6.87. The Kier molecular flexibility index (Phi) is 17.4. The SMILES string of the molecule is CO.Nc1ccnc(-c2cccc(F)c2)c1N.Nc1ccnc(-c2cccc(F)c2)c1[N+](=O)[O-].Nc1ccnc(Cl)c1[N+](=O)[O-].OB(O)c1cccc(F)c1. The summed E-state index contributed by atoms with van der Waals surface area (Å²) in [6.45, 7) is 0. The number of aliphatic hydroxyl groups excluding tert-OH is 1. The highest BCUT2D eigenvalue weighted by atomic mass is 35.5. The Morgan fingerprint density at radius 2 is 1.04 bits per heavy atom. The number of nitrogens with two attached hydrogens (primary N) is 4. The second-order valence-corrected chi connectivity index (χ2v) is 10.6. The van der Waals surface area contributed by atoms with Gasteiger partial charge < -0.3 is 38.1 Å². The zero-order valence-electron chi connectivity index (χ0n) is 28.5. The van der Waals surface area contributed by atoms with Gasteiger partial charge in [-0.3, -0.25) is 25.2 Å². The number of halogens is 4. The molecule has 0 aliphatic heterocycles. The average Bonchev–Trinajstić information content (AvgIpc) is 3.14. The summed E-state index contributed by atoms with van der Waals surface area (Å²) in [5, 5.41) is 45.0. The van der Waals surface area contributed by atoms with Crippen LogP contribution in [0.15, 0.2) is 110 Å². The van der Waals surface area contributed by atoms with Crippen LogP contribution in [0.25, 0.3) is 22.5 Å². The molecule has 0 fully saturated rings. The van der Waals surface area contributed by atoms with Crippen LogP contribution in [0.2, 0.25) is 5.15 Å². The van der Waals surface area contributed by atoms with Crippen LogP contribution >= 0.6 is 11.6 Å². The highest BCUT2D eigenvalue weighted by Crippen LogP contribution is 2.32. The molecule has 6 aromatic rings. The third-order valence-corrected chi connectivity index (χ3v) is 6.87. The van der Waals surface area contributed by atoms with Crippen LogP contribution in [-0.4, -0.2) is 54.2 Å². The lowest BCUT2D eigenvalue weighted by Crippen LogP contribution is -2.29. The number of rotatable bonds is 5. The molecule has 3 aromatic heterocycles. The Labute approximate surface area is 316 Å². The first-order valence-corrected chi connectivity index (χ1v) is 15.5. The molecule has 0 aliphatic rings. The van der Waals surface area contributed by atoms with Gasteiger partial charge >= 0.3 is 18.5 Å². The van der Waals surface area contributed by atoms with Crippen molar-refractivity contribution in [1.29, 1.82) is 0 Å². The Bertz CT molecular complexity index is 2210. The molecule has 0 amide bonds. The van der Waals surface area contributed by atoms with E-state index in [1.54, 1.807) is 24.4 Å². The molecule has 286 valence electrons. The molecule has 21 heteroatoms. The van der Waals surface area contributed by atoms with E-state index in [1.807, 2.05) is 0 Å². The molecule has 0 atom stereocenters. The van der Waals surface area contributed by atoms with Gasteiger partial charge in [-0.2, -0.15) is 0 Å². The van der Waals surface area contributed by atoms with E-state index in [9.17, 15) is 33.4 Å². The first-order chi connectivity index (χ1) is 26.1. The van der Waals surface area contributed by atoms with Gasteiger partial charge in [0, 0.05) is 36.8 Å². The molecule has 11 N–H and O–H groups in total. The van der Waals surface area contributed by atoms with E-state index >= 15 is 0 Å². The minimum absolute atomic E-state index is 0.00395. The van der Waals surface area contributed by atoms with E-state index in [2.05, 4.69) is 15.0 Å². The summed E-state index contributed by atoms with van der Waals surface area (Å²) in [4.78, 5) is 31.3. The summed E-state index contributed by atoms with van der Waals surface area (Å²) in [5.41, 5.74) is 24.1. The maximum absolute atomic E-state index is 13.1. The second kappa shape index (κ2) is 21.6. The van der Waals surface area contributed by atoms with Crippen molar-refractivity contribution in [1.82, 2.24) is 15.0 Å². The van der Waals surface area contributed by atoms with Gasteiger partial charge in [0.05, 0.1) is 26.9 Å². The molecule has 0 radical (unpaired) electrons. The molecule has 0 spiro atoms. The highest BCUT2D eigenvalue weighted by molar-refractivity contribution is 6.58. The largest absolute Gasteiger partial charge is 0.488 e. The molecule has 0 bridgehead atoms. The lowest BCUT2D eigenvalue weighted by atomic mass is 9.80. The molecule has 0 unspecified atom stereocenters. The highest BCUT2D eigenvalue weighted by Gasteiger charge is 2.21. The van der Waals surface area contributed by atoms with Gasteiger partial charge in [-0.15, -0.1) is 0 Å². The van der Waals surface area contributed by atoms with Crippen molar-refractivity contribution in [3.63, 3.8) is 0 Å². The topological polar surface area (TPSA) is 290 Å². The van der Waals surface area contributed by atoms with E-state index in [0.717, 1.165) is 13.2 Å². The monoisotopic (exact) mass is 781 g/mol. The zero-order chi connectivity index (χ0) is 41.2. The molecule has 0 saturated heterocycles. The molecular formula is C34H32BClF3N9O7. The lowest BCUT2D eigenvalue weighted by molar-refractivity contribution is -0.384. The van der Waals surface area contributed by atoms with E-state index < -0.39 is 28.6 Å². The molecule has 0 aliphatic carbocycles. The molecule has 6 rings (SSSR count). The molecule has 55 heavy (non-hydrogen) atoms. The van der Waals surface area contributed by atoms with E-state index in [0.29, 0.717) is 28.2 Å². The van der Waals surface area contributed by atoms with Gasteiger partial charge in [-0.1, -0.05) is 48.0 Å². The lowest BCUT2D eigenvalue weighted by Gasteiger charge is -2.06. The van der Waals surface area contributed by atoms with Crippen LogP contribution in [0.5, 0.6) is 0 Å². The number of benzene rings is 3. The second-order valence-electron chi connectivity index (χ2n) is 10.3. The summed E-state index contributed by atoms with van der Waals surface area (Å²) in [5.74, 6) is -1.28. The van der Waals surface area contributed by atoms with Crippen LogP contribution in [0.3, 0.4) is 0 Å². The van der Waals surface area contributed by atoms with Crippen LogP contribution in [-0.2, 0) is 0 Å². The van der Waals surface area contributed by atoms with E-state index in [4.69, 9.17) is 49.7 Å². The number of anilines is 4. The van der Waals surface area contributed by atoms with Crippen molar-refractivity contribution < 1.29 is 38.2 Å². The number of pyridine rings is 3. The first kappa shape index (κ1) is 44.3. The molecule has 3 aromatic carbocycles. The number of aromatic nitrogens is 3. The first-order valence-electron chi connectivity index (χ1n) is 15.1. The van der Waals surface area contributed by atoms with Crippen LogP contribution in [0.4, 0.5) is 47.3 Å². The standard InChI is InChI=1S/C11H8FN3O2.C11H10FN3.C6H6BFO2.C5H4ClN3O2.CH4O/c12-8-3-1-2-7(6-8)10-11(15(16)17)9(13)4-5-14-10;12-8-3-1-2-7(6-8)11-10(14)9(13)4-5-15-11;8-6-3-1-2-5(4-6)7(9)10;6-5-4(9(10)11)3(7)1-2-8-5;1-2/h1-6H,(H2,13,14);1-6H,14H2,(H2,13,15);1-4,9-10H;1-2H,(H2,7,8);2H,1H3. The van der Waals surface area contributed by atoms with Gasteiger partial charge in [-0.05, 0) is 60.1 Å². The van der Waals surface area contributed by atoms with Crippen molar-refractivity contribution in [3.8, 4) is 22.5 Å². The van der Waals surface area contributed by atoms with Crippen molar-refractivity contribution in [3.05, 3.63) is 152 Å². The van der Waals surface area contributed by atoms with Crippen LogP contribution in [0.1, 0.15) is 0 Å². The summed E-state index contributed by atoms with van der Waals surface area (Å²) in [6, 6.07) is 20.9. The van der Waals surface area contributed by atoms with Gasteiger partial charge in [0.2, 0.25) is 5.15 Å². The van der Waals surface area contributed by atoms with Gasteiger partial charge in [-0.25, -0.2) is 23.1 Å². The Morgan fingerprint density at radius 3 is 1.45 bits per heavy atom. The number of nitro groups is 2. The van der Waals surface area contributed by atoms with Gasteiger partial charge in [0.1, 0.15) is 28.8 Å². The zero-order valence-corrected chi connectivity index (χ0v) is 29.3. The summed E-state index contributed by atoms with van der Waals surface area (Å²) in [6.07, 6.45) is 4.21. The molecule has 0 saturated carbocycles. The number of hydrogen-bond acceptors (Lipinski definition) is 14. The maximum Gasteiger partial charge on any atom is 0.488 e. The minimum Gasteiger partial charge on any atom is -0.423 e. The van der Waals surface area contributed by atoms with Crippen LogP contribution < -0.4 is 28.4 Å².